The van der Waals surface area contributed by atoms with Crippen molar-refractivity contribution in [3.05, 3.63) is 57.3 Å². The van der Waals surface area contributed by atoms with Gasteiger partial charge in [-0.1, -0.05) is 23.2 Å². The van der Waals surface area contributed by atoms with Gasteiger partial charge in [0.2, 0.25) is 0 Å². The molecule has 0 aliphatic carbocycles. The fourth-order valence-corrected chi connectivity index (χ4v) is 2.93. The fraction of sp³-hybridized carbons (Fsp3) is 0.278. The van der Waals surface area contributed by atoms with Crippen LogP contribution in [0.1, 0.15) is 29.3 Å². The molecule has 0 bridgehead atoms. The first-order chi connectivity index (χ1) is 13.0. The lowest BCUT2D eigenvalue weighted by Gasteiger charge is -2.16. The molecule has 4 nitrogen and oxygen atoms in total. The van der Waals surface area contributed by atoms with Crippen LogP contribution in [0.2, 0.25) is 10.0 Å². The molecular weight excluding hydrogens is 423 g/mol. The monoisotopic (exact) mass is 438 g/mol. The molecule has 28 heavy (non-hydrogen) atoms. The van der Waals surface area contributed by atoms with E-state index >= 15 is 0 Å². The minimum atomic E-state index is -4.61. The van der Waals surface area contributed by atoms with Crippen LogP contribution in [0, 0.1) is 5.82 Å². The molecule has 1 unspecified atom stereocenters. The molecule has 0 heterocycles. The van der Waals surface area contributed by atoms with Crippen LogP contribution in [0.5, 0.6) is 0 Å². The largest absolute Gasteiger partial charge is 0.416 e. The van der Waals surface area contributed by atoms with Gasteiger partial charge in [0.25, 0.3) is 5.91 Å². The summed E-state index contributed by atoms with van der Waals surface area (Å²) in [5.74, 6) is -1.49. The Bertz CT molecular complexity index is 852. The molecule has 0 aliphatic heterocycles. The van der Waals surface area contributed by atoms with E-state index in [0.717, 1.165) is 6.07 Å². The molecular formula is C18H16Cl2F4N2O2. The number of aliphatic hydroxyl groups excluding tert-OH is 1. The molecule has 0 fully saturated rings. The summed E-state index contributed by atoms with van der Waals surface area (Å²) < 4.78 is 52.5. The van der Waals surface area contributed by atoms with Gasteiger partial charge in [0.15, 0.2) is 0 Å². The molecule has 2 aromatic rings. The van der Waals surface area contributed by atoms with Crippen molar-refractivity contribution in [2.75, 3.05) is 11.9 Å². The number of hydrogen-bond donors (Lipinski definition) is 3. The van der Waals surface area contributed by atoms with Gasteiger partial charge in [0.05, 0.1) is 26.9 Å². The van der Waals surface area contributed by atoms with Crippen molar-refractivity contribution in [1.82, 2.24) is 5.32 Å². The van der Waals surface area contributed by atoms with Crippen LogP contribution in [0.15, 0.2) is 30.3 Å². The lowest BCUT2D eigenvalue weighted by molar-refractivity contribution is -0.137. The molecule has 0 radical (unpaired) electrons. The summed E-state index contributed by atoms with van der Waals surface area (Å²) >= 11 is 11.8. The van der Waals surface area contributed by atoms with E-state index in [0.29, 0.717) is 18.6 Å². The van der Waals surface area contributed by atoms with E-state index in [4.69, 9.17) is 28.3 Å². The minimum absolute atomic E-state index is 0.0112. The van der Waals surface area contributed by atoms with Crippen molar-refractivity contribution in [2.24, 2.45) is 0 Å². The quantitative estimate of drug-likeness (QED) is 0.529. The van der Waals surface area contributed by atoms with Crippen LogP contribution >= 0.6 is 23.2 Å². The molecule has 1 amide bonds. The van der Waals surface area contributed by atoms with Crippen molar-refractivity contribution in [3.8, 4) is 0 Å². The normalized spacial score (nSPS) is 12.6. The number of benzene rings is 2. The first kappa shape index (κ1) is 22.3. The first-order valence-electron chi connectivity index (χ1n) is 8.07. The van der Waals surface area contributed by atoms with Crippen molar-refractivity contribution in [3.63, 3.8) is 0 Å². The maximum absolute atomic E-state index is 14.0. The summed E-state index contributed by atoms with van der Waals surface area (Å²) in [5, 5.41) is 13.5. The third-order valence-corrected chi connectivity index (χ3v) is 4.39. The summed E-state index contributed by atoms with van der Waals surface area (Å²) in [6.45, 7) is 1.51. The molecule has 2 aromatic carbocycles. The number of carbonyl (C=O) groups is 1. The summed E-state index contributed by atoms with van der Waals surface area (Å²) in [5.41, 5.74) is -1.10. The highest BCUT2D eigenvalue weighted by molar-refractivity contribution is 6.39. The van der Waals surface area contributed by atoms with E-state index in [2.05, 4.69) is 10.6 Å². The van der Waals surface area contributed by atoms with Gasteiger partial charge in [0, 0.05) is 18.3 Å². The van der Waals surface area contributed by atoms with Crippen LogP contribution < -0.4 is 10.6 Å². The van der Waals surface area contributed by atoms with Crippen molar-refractivity contribution in [1.29, 1.82) is 0 Å². The molecule has 0 aliphatic rings. The summed E-state index contributed by atoms with van der Waals surface area (Å²) in [6, 6.07) is 4.54. The van der Waals surface area contributed by atoms with E-state index in [-0.39, 0.29) is 39.6 Å². The standard InChI is InChI=1S/C18H16Cl2F4N2O2/c1-9(4-5-27)25-17(28)12-8-11(2-3-15(12)21)26-16-13(19)6-10(7-14(16)20)18(22,23)24/h2-3,6-9,26-27H,4-5H2,1H3,(H,25,28). The third-order valence-electron chi connectivity index (χ3n) is 3.79. The molecule has 2 rings (SSSR count). The average molecular weight is 439 g/mol. The topological polar surface area (TPSA) is 61.4 Å². The number of hydrogen-bond acceptors (Lipinski definition) is 3. The minimum Gasteiger partial charge on any atom is -0.396 e. The molecule has 0 saturated carbocycles. The smallest absolute Gasteiger partial charge is 0.396 e. The second-order valence-corrected chi connectivity index (χ2v) is 6.83. The molecule has 152 valence electrons. The van der Waals surface area contributed by atoms with Crippen LogP contribution in [-0.2, 0) is 6.18 Å². The number of alkyl halides is 3. The number of halogens is 6. The second-order valence-electron chi connectivity index (χ2n) is 6.02. The highest BCUT2D eigenvalue weighted by Crippen LogP contribution is 2.39. The Balaban J connectivity index is 2.30. The van der Waals surface area contributed by atoms with Crippen LogP contribution in [0.25, 0.3) is 0 Å². The predicted molar refractivity (Wildman–Crippen MR) is 99.8 cm³/mol. The number of aliphatic hydroxyl groups is 1. The zero-order chi connectivity index (χ0) is 21.1. The number of nitrogens with one attached hydrogen (secondary N) is 2. The number of anilines is 2. The summed E-state index contributed by atoms with van der Waals surface area (Å²) in [7, 11) is 0. The Morgan fingerprint density at radius 3 is 2.32 bits per heavy atom. The lowest BCUT2D eigenvalue weighted by atomic mass is 10.1. The van der Waals surface area contributed by atoms with Crippen molar-refractivity contribution < 1.29 is 27.5 Å². The van der Waals surface area contributed by atoms with Gasteiger partial charge in [-0.3, -0.25) is 4.79 Å². The number of carbonyl (C=O) groups excluding carboxylic acids is 1. The third kappa shape index (κ3) is 5.50. The van der Waals surface area contributed by atoms with Crippen molar-refractivity contribution >= 4 is 40.5 Å². The maximum Gasteiger partial charge on any atom is 0.416 e. The van der Waals surface area contributed by atoms with Gasteiger partial charge in [-0.25, -0.2) is 4.39 Å². The van der Waals surface area contributed by atoms with E-state index in [1.807, 2.05) is 0 Å². The van der Waals surface area contributed by atoms with E-state index < -0.39 is 23.5 Å². The maximum atomic E-state index is 14.0. The Morgan fingerprint density at radius 1 is 1.18 bits per heavy atom. The Labute approximate surface area is 168 Å². The Hall–Kier alpha value is -2.03. The van der Waals surface area contributed by atoms with Crippen LogP contribution in [0.4, 0.5) is 28.9 Å². The average Bonchev–Trinajstić information content (AvgIpc) is 2.58. The van der Waals surface area contributed by atoms with Crippen LogP contribution in [0.3, 0.4) is 0 Å². The molecule has 0 spiro atoms. The zero-order valence-electron chi connectivity index (χ0n) is 14.5. The van der Waals surface area contributed by atoms with E-state index in [9.17, 15) is 22.4 Å². The predicted octanol–water partition coefficient (Wildman–Crippen LogP) is 5.40. The van der Waals surface area contributed by atoms with Crippen LogP contribution in [-0.4, -0.2) is 23.7 Å². The number of amides is 1. The molecule has 10 heteroatoms. The SMILES string of the molecule is CC(CCO)NC(=O)c1cc(Nc2c(Cl)cc(C(F)(F)F)cc2Cl)ccc1F. The molecule has 3 N–H and O–H groups in total. The number of rotatable bonds is 6. The summed E-state index contributed by atoms with van der Waals surface area (Å²) in [4.78, 5) is 12.2. The van der Waals surface area contributed by atoms with Crippen molar-refractivity contribution in [2.45, 2.75) is 25.6 Å². The Morgan fingerprint density at radius 2 is 1.79 bits per heavy atom. The highest BCUT2D eigenvalue weighted by atomic mass is 35.5. The van der Waals surface area contributed by atoms with Gasteiger partial charge >= 0.3 is 6.18 Å². The van der Waals surface area contributed by atoms with Gasteiger partial charge in [-0.05, 0) is 43.7 Å². The molecule has 0 aromatic heterocycles. The van der Waals surface area contributed by atoms with Gasteiger partial charge < -0.3 is 15.7 Å². The fourth-order valence-electron chi connectivity index (χ4n) is 2.34. The second kappa shape index (κ2) is 8.98. The highest BCUT2D eigenvalue weighted by Gasteiger charge is 2.32. The van der Waals surface area contributed by atoms with Gasteiger partial charge in [-0.2, -0.15) is 13.2 Å². The van der Waals surface area contributed by atoms with E-state index in [1.54, 1.807) is 6.92 Å². The first-order valence-corrected chi connectivity index (χ1v) is 8.83. The van der Waals surface area contributed by atoms with Gasteiger partial charge in [0.1, 0.15) is 5.82 Å². The van der Waals surface area contributed by atoms with Gasteiger partial charge in [-0.15, -0.1) is 0 Å². The molecule has 1 atom stereocenters. The summed E-state index contributed by atoms with van der Waals surface area (Å²) in [6.07, 6.45) is -4.32. The molecule has 0 saturated heterocycles. The zero-order valence-corrected chi connectivity index (χ0v) is 16.0. The lowest BCUT2D eigenvalue weighted by Crippen LogP contribution is -2.33. The Kier molecular flexibility index (Phi) is 7.14. The van der Waals surface area contributed by atoms with E-state index in [1.165, 1.54) is 12.1 Å².